The molecule has 3 N–H and O–H groups in total. The molecule has 2 atom stereocenters. The maximum atomic E-state index is 13.1. The average molecular weight is 445 g/mol. The summed E-state index contributed by atoms with van der Waals surface area (Å²) in [5.74, 6) is -0.758. The first-order valence-corrected chi connectivity index (χ1v) is 10.5. The van der Waals surface area contributed by atoms with Gasteiger partial charge < -0.3 is 20.5 Å². The number of ether oxygens (including phenoxy) is 1. The molecule has 1 amide bonds. The number of aliphatic hydroxyl groups excluding tert-OH is 1. The number of nitrogens with one attached hydrogen (secondary N) is 2. The third-order valence-corrected chi connectivity index (χ3v) is 5.53. The zero-order valence-corrected chi connectivity index (χ0v) is 18.5. The van der Waals surface area contributed by atoms with Crippen LogP contribution >= 0.6 is 0 Å². The molecule has 172 valence electrons. The van der Waals surface area contributed by atoms with E-state index in [9.17, 15) is 24.4 Å². The number of nitrogens with zero attached hydrogens (tertiary/aromatic N) is 1. The molecule has 32 heavy (non-hydrogen) atoms. The number of carbonyl (C=O) groups excluding carboxylic acids is 1. The molecule has 0 fully saturated rings. The van der Waals surface area contributed by atoms with Gasteiger partial charge in [-0.2, -0.15) is 0 Å². The van der Waals surface area contributed by atoms with Crippen molar-refractivity contribution in [3.63, 3.8) is 0 Å². The van der Waals surface area contributed by atoms with Gasteiger partial charge in [-0.05, 0) is 50.6 Å². The minimum absolute atomic E-state index is 0.0493. The van der Waals surface area contributed by atoms with Crippen LogP contribution in [-0.4, -0.2) is 34.2 Å². The van der Waals surface area contributed by atoms with Gasteiger partial charge in [-0.3, -0.25) is 14.9 Å². The van der Waals surface area contributed by atoms with E-state index in [1.807, 2.05) is 0 Å². The van der Waals surface area contributed by atoms with Gasteiger partial charge in [-0.25, -0.2) is 4.39 Å². The fourth-order valence-electron chi connectivity index (χ4n) is 3.61. The lowest BCUT2D eigenvalue weighted by Gasteiger charge is -2.42. The van der Waals surface area contributed by atoms with Crippen molar-refractivity contribution in [3.8, 4) is 5.75 Å². The first-order chi connectivity index (χ1) is 15.0. The second-order valence-corrected chi connectivity index (χ2v) is 8.77. The van der Waals surface area contributed by atoms with E-state index >= 15 is 0 Å². The van der Waals surface area contributed by atoms with Crippen molar-refractivity contribution in [2.75, 3.05) is 11.9 Å². The van der Waals surface area contributed by atoms with Gasteiger partial charge in [-0.15, -0.1) is 0 Å². The number of halogens is 1. The van der Waals surface area contributed by atoms with E-state index in [-0.39, 0.29) is 34.8 Å². The topological polar surface area (TPSA) is 114 Å². The largest absolute Gasteiger partial charge is 0.484 e. The summed E-state index contributed by atoms with van der Waals surface area (Å²) in [7, 11) is 0. The predicted molar refractivity (Wildman–Crippen MR) is 118 cm³/mol. The van der Waals surface area contributed by atoms with Gasteiger partial charge in [0.1, 0.15) is 29.0 Å². The van der Waals surface area contributed by atoms with E-state index in [1.165, 1.54) is 24.3 Å². The van der Waals surface area contributed by atoms with Crippen molar-refractivity contribution in [3.05, 3.63) is 63.5 Å². The lowest BCUT2D eigenvalue weighted by molar-refractivity contribution is -0.384. The lowest BCUT2D eigenvalue weighted by Crippen LogP contribution is -2.52. The van der Waals surface area contributed by atoms with Crippen molar-refractivity contribution in [2.24, 2.45) is 5.92 Å². The minimum atomic E-state index is -1.00. The van der Waals surface area contributed by atoms with Crippen LogP contribution in [-0.2, 0) is 11.2 Å². The Morgan fingerprint density at radius 2 is 1.94 bits per heavy atom. The molecule has 8 nitrogen and oxygen atoms in total. The Kier molecular flexibility index (Phi) is 6.80. The van der Waals surface area contributed by atoms with Gasteiger partial charge in [0.05, 0.1) is 17.0 Å². The first-order valence-electron chi connectivity index (χ1n) is 10.5. The van der Waals surface area contributed by atoms with Crippen LogP contribution in [0.1, 0.15) is 44.9 Å². The summed E-state index contributed by atoms with van der Waals surface area (Å²) in [6.45, 7) is 7.25. The molecule has 0 spiro atoms. The molecule has 2 aromatic carbocycles. The number of nitro groups is 1. The number of carbonyl (C=O) groups is 1. The second-order valence-electron chi connectivity index (χ2n) is 8.77. The van der Waals surface area contributed by atoms with Crippen LogP contribution in [0.3, 0.4) is 0 Å². The highest BCUT2D eigenvalue weighted by Gasteiger charge is 2.44. The van der Waals surface area contributed by atoms with Gasteiger partial charge in [0.15, 0.2) is 0 Å². The summed E-state index contributed by atoms with van der Waals surface area (Å²) < 4.78 is 19.0. The van der Waals surface area contributed by atoms with E-state index in [4.69, 9.17) is 4.74 Å². The zero-order chi connectivity index (χ0) is 23.6. The summed E-state index contributed by atoms with van der Waals surface area (Å²) in [4.78, 5) is 23.3. The van der Waals surface area contributed by atoms with Crippen LogP contribution in [0.25, 0.3) is 0 Å². The number of fused-ring (bicyclic) bond motifs is 1. The Labute approximate surface area is 185 Å². The number of nitro benzene ring substituents is 1. The van der Waals surface area contributed by atoms with Gasteiger partial charge in [-0.1, -0.05) is 26.0 Å². The maximum Gasteiger partial charge on any atom is 0.296 e. The van der Waals surface area contributed by atoms with Crippen molar-refractivity contribution < 1.29 is 24.0 Å². The molecular formula is C23H28FN3O5. The molecule has 0 radical (unpaired) electrons. The van der Waals surface area contributed by atoms with Crippen LogP contribution in [0.4, 0.5) is 15.8 Å². The smallest absolute Gasteiger partial charge is 0.296 e. The van der Waals surface area contributed by atoms with Gasteiger partial charge in [0.25, 0.3) is 5.69 Å². The SMILES string of the molecule is CC(C)C(=O)Nc1cc2c(cc1[N+](=O)[O-])OC(C)(C)[C@@H](O)[C@@H]2NCCc1ccc(F)cc1. The maximum absolute atomic E-state index is 13.1. The van der Waals surface area contributed by atoms with Crippen molar-refractivity contribution in [1.82, 2.24) is 5.32 Å². The fourth-order valence-corrected chi connectivity index (χ4v) is 3.61. The van der Waals surface area contributed by atoms with Crippen LogP contribution in [0, 0.1) is 21.8 Å². The van der Waals surface area contributed by atoms with E-state index in [0.717, 1.165) is 5.56 Å². The number of hydrogen-bond acceptors (Lipinski definition) is 6. The third-order valence-electron chi connectivity index (χ3n) is 5.53. The second kappa shape index (κ2) is 9.22. The molecule has 0 aromatic heterocycles. The summed E-state index contributed by atoms with van der Waals surface area (Å²) in [5, 5.41) is 28.5. The van der Waals surface area contributed by atoms with E-state index < -0.39 is 22.7 Å². The van der Waals surface area contributed by atoms with E-state index in [0.29, 0.717) is 18.5 Å². The zero-order valence-electron chi connectivity index (χ0n) is 18.5. The molecule has 0 aliphatic carbocycles. The summed E-state index contributed by atoms with van der Waals surface area (Å²) in [5.41, 5.74) is 0.203. The molecular weight excluding hydrogens is 417 g/mol. The Balaban J connectivity index is 1.92. The standard InChI is InChI=1S/C23H28FN3O5/c1-13(2)22(29)26-17-11-16-19(12-18(17)27(30)31)32-23(3,4)21(28)20(16)25-10-9-14-5-7-15(24)8-6-14/h5-8,11-13,20-21,25,28H,9-10H2,1-4H3,(H,26,29)/t20-,21+/m1/s1. The summed E-state index contributed by atoms with van der Waals surface area (Å²) in [6.07, 6.45) is -0.373. The lowest BCUT2D eigenvalue weighted by atomic mass is 9.86. The van der Waals surface area contributed by atoms with Gasteiger partial charge in [0, 0.05) is 11.5 Å². The van der Waals surface area contributed by atoms with Crippen LogP contribution < -0.4 is 15.4 Å². The average Bonchev–Trinajstić information content (AvgIpc) is 2.71. The van der Waals surface area contributed by atoms with E-state index in [1.54, 1.807) is 39.8 Å². The summed E-state index contributed by atoms with van der Waals surface area (Å²) in [6, 6.07) is 8.34. The quantitative estimate of drug-likeness (QED) is 0.442. The molecule has 1 heterocycles. The molecule has 9 heteroatoms. The highest BCUT2D eigenvalue weighted by atomic mass is 19.1. The van der Waals surface area contributed by atoms with Gasteiger partial charge >= 0.3 is 0 Å². The van der Waals surface area contributed by atoms with Crippen LogP contribution in [0.2, 0.25) is 0 Å². The highest BCUT2D eigenvalue weighted by molar-refractivity contribution is 5.94. The Bertz CT molecular complexity index is 1010. The molecule has 0 bridgehead atoms. The molecule has 1 aliphatic rings. The Morgan fingerprint density at radius 1 is 1.28 bits per heavy atom. The first kappa shape index (κ1) is 23.6. The van der Waals surface area contributed by atoms with Gasteiger partial charge in [0.2, 0.25) is 5.91 Å². The molecule has 0 saturated carbocycles. The Morgan fingerprint density at radius 3 is 2.53 bits per heavy atom. The summed E-state index contributed by atoms with van der Waals surface area (Å²) >= 11 is 0. The number of benzene rings is 2. The molecule has 3 rings (SSSR count). The van der Waals surface area contributed by atoms with Crippen molar-refractivity contribution >= 4 is 17.3 Å². The third kappa shape index (κ3) is 5.05. The Hall–Kier alpha value is -3.04. The molecule has 0 saturated heterocycles. The number of aliphatic hydroxyl groups is 1. The normalized spacial score (nSPS) is 19.2. The number of anilines is 1. The van der Waals surface area contributed by atoms with Crippen molar-refractivity contribution in [1.29, 1.82) is 0 Å². The number of hydrogen-bond donors (Lipinski definition) is 3. The molecule has 1 aliphatic heterocycles. The van der Waals surface area contributed by atoms with Crippen LogP contribution in [0.15, 0.2) is 36.4 Å². The van der Waals surface area contributed by atoms with Crippen LogP contribution in [0.5, 0.6) is 5.75 Å². The number of amides is 1. The van der Waals surface area contributed by atoms with E-state index in [2.05, 4.69) is 10.6 Å². The molecule has 2 aromatic rings. The monoisotopic (exact) mass is 445 g/mol. The van der Waals surface area contributed by atoms with Crippen molar-refractivity contribution in [2.45, 2.75) is 51.9 Å². The predicted octanol–water partition coefficient (Wildman–Crippen LogP) is 3.73. The highest BCUT2D eigenvalue weighted by Crippen LogP contribution is 2.44. The minimum Gasteiger partial charge on any atom is -0.484 e. The molecule has 0 unspecified atom stereocenters. The number of rotatable bonds is 7. The fraction of sp³-hybridized carbons (Fsp3) is 0.435.